The molecule has 1 amide bonds. The Morgan fingerprint density at radius 1 is 1.14 bits per heavy atom. The number of amides is 1. The molecule has 2 aromatic rings. The van der Waals surface area contributed by atoms with E-state index < -0.39 is 10.0 Å². The van der Waals surface area contributed by atoms with Crippen molar-refractivity contribution in [3.63, 3.8) is 0 Å². The lowest BCUT2D eigenvalue weighted by molar-refractivity contribution is -0.121. The van der Waals surface area contributed by atoms with Crippen LogP contribution in [0.25, 0.3) is 0 Å². The number of sulfonamides is 1. The minimum Gasteiger partial charge on any atom is -0.491 e. The highest BCUT2D eigenvalue weighted by Gasteiger charge is 2.22. The van der Waals surface area contributed by atoms with Gasteiger partial charge in [-0.1, -0.05) is 12.1 Å². The normalized spacial score (nSPS) is 11.5. The molecule has 0 aliphatic carbocycles. The molecule has 0 spiro atoms. The average molecular weight is 423 g/mol. The van der Waals surface area contributed by atoms with Gasteiger partial charge in [0.05, 0.1) is 18.0 Å². The Morgan fingerprint density at radius 2 is 1.82 bits per heavy atom. The quantitative estimate of drug-likeness (QED) is 0.497. The van der Waals surface area contributed by atoms with E-state index in [-0.39, 0.29) is 17.3 Å². The molecule has 0 fully saturated rings. The van der Waals surface area contributed by atoms with E-state index in [2.05, 4.69) is 5.32 Å². The smallest absolute Gasteiger partial charge is 0.243 e. The molecule has 0 heterocycles. The molecule has 2 aromatic carbocycles. The first-order valence-electron chi connectivity index (χ1n) is 8.81. The van der Waals surface area contributed by atoms with Crippen molar-refractivity contribution < 1.29 is 17.9 Å². The van der Waals surface area contributed by atoms with E-state index >= 15 is 0 Å². The maximum absolute atomic E-state index is 12.6. The first-order chi connectivity index (χ1) is 13.2. The summed E-state index contributed by atoms with van der Waals surface area (Å²) in [5.74, 6) is 0.402. The van der Waals surface area contributed by atoms with Gasteiger partial charge in [-0.15, -0.1) is 11.8 Å². The molecule has 0 atom stereocenters. The molecule has 2 rings (SSSR count). The highest BCUT2D eigenvalue weighted by Crippen LogP contribution is 2.20. The lowest BCUT2D eigenvalue weighted by Crippen LogP contribution is -2.39. The van der Waals surface area contributed by atoms with E-state index in [1.807, 2.05) is 38.3 Å². The van der Waals surface area contributed by atoms with Crippen molar-refractivity contribution in [3.8, 4) is 5.75 Å². The zero-order chi connectivity index (χ0) is 20.7. The zero-order valence-corrected chi connectivity index (χ0v) is 18.2. The highest BCUT2D eigenvalue weighted by atomic mass is 32.2. The second kappa shape index (κ2) is 9.95. The Kier molecular flexibility index (Phi) is 7.91. The number of aryl methyl sites for hydroxylation is 2. The topological polar surface area (TPSA) is 75.7 Å². The van der Waals surface area contributed by atoms with Crippen LogP contribution in [0.4, 0.5) is 0 Å². The summed E-state index contributed by atoms with van der Waals surface area (Å²) in [6, 6.07) is 12.5. The van der Waals surface area contributed by atoms with Crippen LogP contribution in [0, 0.1) is 13.8 Å². The summed E-state index contributed by atoms with van der Waals surface area (Å²) >= 11 is 1.53. The first-order valence-corrected chi connectivity index (χ1v) is 11.5. The molecular formula is C20H26N2O4S2. The molecule has 6 nitrogen and oxygen atoms in total. The fourth-order valence-corrected chi connectivity index (χ4v) is 4.02. The van der Waals surface area contributed by atoms with Gasteiger partial charge < -0.3 is 10.1 Å². The van der Waals surface area contributed by atoms with Gasteiger partial charge >= 0.3 is 0 Å². The largest absolute Gasteiger partial charge is 0.491 e. The van der Waals surface area contributed by atoms with E-state index in [9.17, 15) is 13.2 Å². The minimum absolute atomic E-state index is 0.166. The number of rotatable bonds is 9. The van der Waals surface area contributed by atoms with Crippen molar-refractivity contribution in [2.24, 2.45) is 0 Å². The fraction of sp³-hybridized carbons (Fsp3) is 0.350. The van der Waals surface area contributed by atoms with Crippen LogP contribution in [0.1, 0.15) is 11.1 Å². The van der Waals surface area contributed by atoms with Gasteiger partial charge in [-0.3, -0.25) is 4.79 Å². The molecule has 0 aliphatic rings. The SMILES string of the molecule is CSc1ccc(S(=O)(=O)N(C)CC(=O)NCCOc2cc(C)ccc2C)cc1. The lowest BCUT2D eigenvalue weighted by Gasteiger charge is -2.17. The van der Waals surface area contributed by atoms with Gasteiger partial charge in [0, 0.05) is 11.9 Å². The summed E-state index contributed by atoms with van der Waals surface area (Å²) in [7, 11) is -2.32. The number of ether oxygens (including phenoxy) is 1. The molecule has 1 N–H and O–H groups in total. The zero-order valence-electron chi connectivity index (χ0n) is 16.6. The van der Waals surface area contributed by atoms with Crippen LogP contribution in [-0.4, -0.2) is 51.6 Å². The molecule has 28 heavy (non-hydrogen) atoms. The molecule has 0 saturated heterocycles. The molecule has 0 bridgehead atoms. The van der Waals surface area contributed by atoms with E-state index in [0.717, 1.165) is 26.1 Å². The second-order valence-electron chi connectivity index (χ2n) is 6.40. The number of carbonyl (C=O) groups is 1. The van der Waals surface area contributed by atoms with Crippen LogP contribution in [0.5, 0.6) is 5.75 Å². The Bertz CT molecular complexity index is 912. The van der Waals surface area contributed by atoms with Gasteiger partial charge in [0.15, 0.2) is 0 Å². The summed E-state index contributed by atoms with van der Waals surface area (Å²) in [6.45, 7) is 4.29. The third-order valence-electron chi connectivity index (χ3n) is 4.16. The van der Waals surface area contributed by atoms with E-state index in [1.54, 1.807) is 24.3 Å². The molecule has 0 saturated carbocycles. The molecule has 152 valence electrons. The van der Waals surface area contributed by atoms with Gasteiger partial charge in [0.25, 0.3) is 0 Å². The second-order valence-corrected chi connectivity index (χ2v) is 9.33. The third-order valence-corrected chi connectivity index (χ3v) is 6.72. The first kappa shape index (κ1) is 22.3. The summed E-state index contributed by atoms with van der Waals surface area (Å²) < 4.78 is 31.9. The molecule has 8 heteroatoms. The Labute approximate surface area is 171 Å². The number of nitrogens with one attached hydrogen (secondary N) is 1. The van der Waals surface area contributed by atoms with Crippen LogP contribution in [0.2, 0.25) is 0 Å². The number of nitrogens with zero attached hydrogens (tertiary/aromatic N) is 1. The molecule has 0 unspecified atom stereocenters. The van der Waals surface area contributed by atoms with E-state index in [1.165, 1.54) is 18.8 Å². The maximum Gasteiger partial charge on any atom is 0.243 e. The lowest BCUT2D eigenvalue weighted by atomic mass is 10.1. The monoisotopic (exact) mass is 422 g/mol. The summed E-state index contributed by atoms with van der Waals surface area (Å²) in [5.41, 5.74) is 2.12. The van der Waals surface area contributed by atoms with Crippen LogP contribution in [0.3, 0.4) is 0 Å². The minimum atomic E-state index is -3.71. The van der Waals surface area contributed by atoms with Crippen LogP contribution < -0.4 is 10.1 Å². The highest BCUT2D eigenvalue weighted by molar-refractivity contribution is 7.98. The molecule has 0 aliphatic heterocycles. The van der Waals surface area contributed by atoms with Gasteiger partial charge in [0.2, 0.25) is 15.9 Å². The Hall–Kier alpha value is -2.03. The number of thioether (sulfide) groups is 1. The van der Waals surface area contributed by atoms with Crippen LogP contribution in [-0.2, 0) is 14.8 Å². The number of benzene rings is 2. The predicted molar refractivity (Wildman–Crippen MR) is 112 cm³/mol. The Balaban J connectivity index is 1.83. The summed E-state index contributed by atoms with van der Waals surface area (Å²) in [4.78, 5) is 13.2. The number of likely N-dealkylation sites (N-methyl/N-ethyl adjacent to an activating group) is 1. The molecule has 0 radical (unpaired) electrons. The summed E-state index contributed by atoms with van der Waals surface area (Å²) in [6.07, 6.45) is 1.92. The van der Waals surface area contributed by atoms with Crippen molar-refractivity contribution >= 4 is 27.7 Å². The number of carbonyl (C=O) groups excluding carboxylic acids is 1. The van der Waals surface area contributed by atoms with Crippen molar-refractivity contribution in [1.82, 2.24) is 9.62 Å². The summed E-state index contributed by atoms with van der Waals surface area (Å²) in [5, 5.41) is 2.69. The predicted octanol–water partition coefficient (Wildman–Crippen LogP) is 2.84. The van der Waals surface area contributed by atoms with E-state index in [4.69, 9.17) is 4.74 Å². The standard InChI is InChI=1S/C20H26N2O4S2/c1-15-5-6-16(2)19(13-15)26-12-11-21-20(23)14-22(3)28(24,25)18-9-7-17(27-4)8-10-18/h5-10,13H,11-12,14H2,1-4H3,(H,21,23). The van der Waals surface area contributed by atoms with Crippen molar-refractivity contribution in [2.45, 2.75) is 23.6 Å². The van der Waals surface area contributed by atoms with Crippen molar-refractivity contribution in [1.29, 1.82) is 0 Å². The van der Waals surface area contributed by atoms with Gasteiger partial charge in [-0.2, -0.15) is 4.31 Å². The number of hydrogen-bond donors (Lipinski definition) is 1. The average Bonchev–Trinajstić information content (AvgIpc) is 2.67. The van der Waals surface area contributed by atoms with Gasteiger partial charge in [-0.25, -0.2) is 8.42 Å². The van der Waals surface area contributed by atoms with E-state index in [0.29, 0.717) is 13.2 Å². The van der Waals surface area contributed by atoms with Gasteiger partial charge in [0.1, 0.15) is 12.4 Å². The molecule has 0 aromatic heterocycles. The third kappa shape index (κ3) is 5.98. The van der Waals surface area contributed by atoms with Crippen LogP contribution in [0.15, 0.2) is 52.3 Å². The Morgan fingerprint density at radius 3 is 2.46 bits per heavy atom. The van der Waals surface area contributed by atoms with Gasteiger partial charge in [-0.05, 0) is 61.6 Å². The molecular weight excluding hydrogens is 396 g/mol. The fourth-order valence-electron chi connectivity index (χ4n) is 2.49. The van der Waals surface area contributed by atoms with Crippen molar-refractivity contribution in [3.05, 3.63) is 53.6 Å². The number of hydrogen-bond acceptors (Lipinski definition) is 5. The van der Waals surface area contributed by atoms with Crippen LogP contribution >= 0.6 is 11.8 Å². The maximum atomic E-state index is 12.6. The van der Waals surface area contributed by atoms with Crippen molar-refractivity contribution in [2.75, 3.05) is 33.0 Å².